The molecule has 2 rings (SSSR count). The zero-order chi connectivity index (χ0) is 14.2. The van der Waals surface area contributed by atoms with Crippen LogP contribution < -0.4 is 8.92 Å². The van der Waals surface area contributed by atoms with Crippen LogP contribution in [0.3, 0.4) is 0 Å². The van der Waals surface area contributed by atoms with Crippen molar-refractivity contribution < 1.29 is 9.53 Å². The van der Waals surface area contributed by atoms with Gasteiger partial charge in [0, 0.05) is 0 Å². The van der Waals surface area contributed by atoms with Gasteiger partial charge in [-0.25, -0.2) is 0 Å². The van der Waals surface area contributed by atoms with E-state index >= 15 is 0 Å². The molecule has 0 saturated carbocycles. The second kappa shape index (κ2) is 8.28. The molecule has 0 fully saturated rings. The van der Waals surface area contributed by atoms with Gasteiger partial charge in [0.2, 0.25) is 0 Å². The van der Waals surface area contributed by atoms with Crippen LogP contribution in [0.5, 0.6) is 0 Å². The van der Waals surface area contributed by atoms with Gasteiger partial charge in [0.05, 0.1) is 0 Å². The van der Waals surface area contributed by atoms with Crippen LogP contribution >= 0.6 is 0 Å². The van der Waals surface area contributed by atoms with E-state index in [0.717, 1.165) is 0 Å². The third-order valence-corrected chi connectivity index (χ3v) is 8.54. The summed E-state index contributed by atoms with van der Waals surface area (Å²) < 4.78 is 7.73. The summed E-state index contributed by atoms with van der Waals surface area (Å²) >= 11 is 0.229. The quantitative estimate of drug-likeness (QED) is 0.543. The van der Waals surface area contributed by atoms with Crippen molar-refractivity contribution in [2.75, 3.05) is 6.61 Å². The number of rotatable bonds is 6. The van der Waals surface area contributed by atoms with Gasteiger partial charge in [-0.05, 0) is 0 Å². The van der Waals surface area contributed by atoms with Gasteiger partial charge in [-0.3, -0.25) is 0 Å². The van der Waals surface area contributed by atoms with Crippen molar-refractivity contribution in [1.82, 2.24) is 0 Å². The van der Waals surface area contributed by atoms with Crippen LogP contribution in [0.25, 0.3) is 0 Å². The maximum absolute atomic E-state index is 12.2. The first-order chi connectivity index (χ1) is 9.79. The molecule has 2 aromatic rings. The van der Waals surface area contributed by atoms with E-state index in [-0.39, 0.29) is 39.6 Å². The Bertz CT molecular complexity index is 487. The zero-order valence-electron chi connectivity index (χ0n) is 11.2. The van der Waals surface area contributed by atoms with Crippen LogP contribution in [0.2, 0.25) is 3.71 Å². The van der Waals surface area contributed by atoms with Crippen molar-refractivity contribution in [3.63, 3.8) is 0 Å². The van der Waals surface area contributed by atoms with Crippen LogP contribution in [0, 0.1) is 0 Å². The average molecular weight is 398 g/mol. The molecule has 0 radical (unpaired) electrons. The van der Waals surface area contributed by atoms with Gasteiger partial charge in [-0.15, -0.1) is 0 Å². The first-order valence-corrected chi connectivity index (χ1v) is 10.1. The molecule has 0 N–H and O–H groups in total. The molecule has 0 atom stereocenters. The molecule has 2 nitrogen and oxygen atoms in total. The fourth-order valence-electron chi connectivity index (χ4n) is 1.58. The zero-order valence-corrected chi connectivity index (χ0v) is 14.6. The molecule has 2 aromatic carbocycles. The van der Waals surface area contributed by atoms with Crippen LogP contribution in [0.15, 0.2) is 60.7 Å². The molecule has 0 heterocycles. The molecule has 0 aliphatic carbocycles. The summed E-state index contributed by atoms with van der Waals surface area (Å²) in [7, 11) is 0. The molecule has 0 unspecified atom stereocenters. The van der Waals surface area contributed by atoms with Gasteiger partial charge >= 0.3 is 132 Å². The summed E-state index contributed by atoms with van der Waals surface area (Å²) in [4.78, 5) is 12.2. The first kappa shape index (κ1) is 15.3. The van der Waals surface area contributed by atoms with E-state index in [1.165, 1.54) is 8.92 Å². The van der Waals surface area contributed by atoms with Gasteiger partial charge < -0.3 is 0 Å². The third kappa shape index (κ3) is 4.81. The number of hydrogen-bond donors (Lipinski definition) is 0. The first-order valence-electron chi connectivity index (χ1n) is 6.39. The Morgan fingerprint density at radius 2 is 1.40 bits per heavy atom. The van der Waals surface area contributed by atoms with Crippen LogP contribution in [-0.2, 0) is 9.53 Å². The van der Waals surface area contributed by atoms with Crippen molar-refractivity contribution in [1.29, 1.82) is 0 Å². The van der Waals surface area contributed by atoms with Gasteiger partial charge in [0.15, 0.2) is 0 Å². The minimum absolute atomic E-state index is 0.000231. The molecule has 0 spiro atoms. The SMILES string of the molecule is CCOC(=O)C([Se]c1ccccc1)[Se]c1ccccc1. The van der Waals surface area contributed by atoms with Gasteiger partial charge in [0.25, 0.3) is 0 Å². The molecule has 0 aromatic heterocycles. The Labute approximate surface area is 132 Å². The summed E-state index contributed by atoms with van der Waals surface area (Å²) in [6.07, 6.45) is 0. The number of hydrogen-bond acceptors (Lipinski definition) is 2. The van der Waals surface area contributed by atoms with Gasteiger partial charge in [0.1, 0.15) is 0 Å². The van der Waals surface area contributed by atoms with Gasteiger partial charge in [-0.1, -0.05) is 0 Å². The Morgan fingerprint density at radius 1 is 0.950 bits per heavy atom. The summed E-state index contributed by atoms with van der Waals surface area (Å²) in [6, 6.07) is 20.5. The topological polar surface area (TPSA) is 26.3 Å². The predicted octanol–water partition coefficient (Wildman–Crippen LogP) is 1.35. The van der Waals surface area contributed by atoms with Crippen molar-refractivity contribution in [3.8, 4) is 0 Å². The predicted molar refractivity (Wildman–Crippen MR) is 84.0 cm³/mol. The molecule has 0 saturated heterocycles. The number of ether oxygens (including phenoxy) is 1. The summed E-state index contributed by atoms with van der Waals surface area (Å²) in [6.45, 7) is 2.31. The van der Waals surface area contributed by atoms with Crippen molar-refractivity contribution in [2.24, 2.45) is 0 Å². The van der Waals surface area contributed by atoms with E-state index in [0.29, 0.717) is 6.61 Å². The summed E-state index contributed by atoms with van der Waals surface area (Å²) in [5.41, 5.74) is 0. The molecular formula is C16H16O2Se2. The van der Waals surface area contributed by atoms with Crippen LogP contribution in [0.1, 0.15) is 6.92 Å². The van der Waals surface area contributed by atoms with E-state index < -0.39 is 0 Å². The third-order valence-electron chi connectivity index (χ3n) is 2.45. The Kier molecular flexibility index (Phi) is 6.35. The average Bonchev–Trinajstić information content (AvgIpc) is 2.49. The van der Waals surface area contributed by atoms with Crippen molar-refractivity contribution in [3.05, 3.63) is 60.7 Å². The standard InChI is InChI=1S/C16H16O2Se2/c1-2-18-15(17)16(19-13-9-5-3-6-10-13)20-14-11-7-4-8-12-14/h3-12,16H,2H2,1H3. The van der Waals surface area contributed by atoms with Crippen molar-refractivity contribution in [2.45, 2.75) is 10.6 Å². The Balaban J connectivity index is 2.10. The van der Waals surface area contributed by atoms with Crippen molar-refractivity contribution >= 4 is 44.8 Å². The molecule has 0 bridgehead atoms. The van der Waals surface area contributed by atoms with E-state index in [4.69, 9.17) is 4.74 Å². The van der Waals surface area contributed by atoms with E-state index in [1.807, 2.05) is 43.3 Å². The Hall–Kier alpha value is -1.05. The number of esters is 1. The fourth-order valence-corrected chi connectivity index (χ4v) is 7.67. The number of carbonyl (C=O) groups excluding carboxylic acids is 1. The van der Waals surface area contributed by atoms with Crippen LogP contribution in [-0.4, -0.2) is 42.5 Å². The number of carbonyl (C=O) groups is 1. The Morgan fingerprint density at radius 3 is 1.80 bits per heavy atom. The molecule has 0 amide bonds. The van der Waals surface area contributed by atoms with E-state index in [2.05, 4.69) is 24.3 Å². The van der Waals surface area contributed by atoms with E-state index in [1.54, 1.807) is 0 Å². The fraction of sp³-hybridized carbons (Fsp3) is 0.188. The molecule has 104 valence electrons. The maximum atomic E-state index is 12.2. The summed E-state index contributed by atoms with van der Waals surface area (Å²) in [5, 5.41) is 0. The van der Waals surface area contributed by atoms with Gasteiger partial charge in [-0.2, -0.15) is 0 Å². The second-order valence-corrected chi connectivity index (χ2v) is 10.4. The van der Waals surface area contributed by atoms with E-state index in [9.17, 15) is 4.79 Å². The molecule has 20 heavy (non-hydrogen) atoms. The molecule has 4 heteroatoms. The molecule has 0 aliphatic rings. The molecule has 0 aliphatic heterocycles. The summed E-state index contributed by atoms with van der Waals surface area (Å²) in [5.74, 6) is -0.0554. The molecular weight excluding hydrogens is 382 g/mol. The van der Waals surface area contributed by atoms with Crippen LogP contribution in [0.4, 0.5) is 0 Å². The second-order valence-electron chi connectivity index (χ2n) is 3.95. The normalized spacial score (nSPS) is 10.5. The minimum atomic E-state index is -0.0554. The number of benzene rings is 2. The monoisotopic (exact) mass is 400 g/mol.